The molecule has 2 N–H and O–H groups in total. The largest absolute Gasteiger partial charge is 0.416 e. The van der Waals surface area contributed by atoms with E-state index in [0.29, 0.717) is 12.5 Å². The summed E-state index contributed by atoms with van der Waals surface area (Å²) in [6.45, 7) is 11.4. The Labute approximate surface area is 154 Å². The maximum Gasteiger partial charge on any atom is 0.416 e. The number of benzene rings is 1. The average Bonchev–Trinajstić information content (AvgIpc) is 2.62. The lowest BCUT2D eigenvalue weighted by Gasteiger charge is -2.18. The number of rotatable bonds is 10. The fourth-order valence-electron chi connectivity index (χ4n) is 2.52. The van der Waals surface area contributed by atoms with Gasteiger partial charge < -0.3 is 15.5 Å². The third kappa shape index (κ3) is 8.56. The van der Waals surface area contributed by atoms with Gasteiger partial charge in [0.15, 0.2) is 5.96 Å². The third-order valence-corrected chi connectivity index (χ3v) is 4.13. The highest BCUT2D eigenvalue weighted by Crippen LogP contribution is 2.29. The minimum absolute atomic E-state index is 0.340. The van der Waals surface area contributed by atoms with E-state index in [2.05, 4.69) is 34.4 Å². The molecular formula is C19H31F3N4. The molecule has 0 aromatic heterocycles. The number of alkyl halides is 3. The number of guanidine groups is 1. The number of hydrogen-bond acceptors (Lipinski definition) is 2. The molecule has 0 unspecified atom stereocenters. The Morgan fingerprint density at radius 1 is 1.00 bits per heavy atom. The second kappa shape index (κ2) is 11.8. The summed E-state index contributed by atoms with van der Waals surface area (Å²) in [6.07, 6.45) is -2.14. The van der Waals surface area contributed by atoms with Crippen molar-refractivity contribution in [3.63, 3.8) is 0 Å². The summed E-state index contributed by atoms with van der Waals surface area (Å²) >= 11 is 0. The maximum atomic E-state index is 12.6. The molecule has 0 aliphatic heterocycles. The van der Waals surface area contributed by atoms with Crippen LogP contribution in [0.5, 0.6) is 0 Å². The lowest BCUT2D eigenvalue weighted by Crippen LogP contribution is -2.38. The summed E-state index contributed by atoms with van der Waals surface area (Å²) in [6, 6.07) is 5.14. The normalized spacial score (nSPS) is 12.5. The molecule has 0 aliphatic carbocycles. The molecule has 0 amide bonds. The van der Waals surface area contributed by atoms with Crippen LogP contribution in [0.3, 0.4) is 0 Å². The van der Waals surface area contributed by atoms with E-state index in [1.54, 1.807) is 0 Å². The first-order valence-electron chi connectivity index (χ1n) is 9.31. The van der Waals surface area contributed by atoms with Crippen LogP contribution in [0.1, 0.15) is 44.7 Å². The Morgan fingerprint density at radius 2 is 1.65 bits per heavy atom. The lowest BCUT2D eigenvalue weighted by molar-refractivity contribution is -0.137. The predicted molar refractivity (Wildman–Crippen MR) is 101 cm³/mol. The van der Waals surface area contributed by atoms with Crippen LogP contribution in [-0.4, -0.2) is 43.6 Å². The second-order valence-corrected chi connectivity index (χ2v) is 6.05. The quantitative estimate of drug-likeness (QED) is 0.372. The predicted octanol–water partition coefficient (Wildman–Crippen LogP) is 3.88. The monoisotopic (exact) mass is 372 g/mol. The van der Waals surface area contributed by atoms with E-state index in [-0.39, 0.29) is 0 Å². The summed E-state index contributed by atoms with van der Waals surface area (Å²) in [5.41, 5.74) is 0.111. The van der Waals surface area contributed by atoms with Crippen molar-refractivity contribution in [3.8, 4) is 0 Å². The number of nitrogens with zero attached hydrogens (tertiary/aromatic N) is 2. The number of unbranched alkanes of at least 4 members (excludes halogenated alkanes) is 1. The zero-order valence-corrected chi connectivity index (χ0v) is 16.0. The topological polar surface area (TPSA) is 39.7 Å². The van der Waals surface area contributed by atoms with Crippen molar-refractivity contribution in [2.45, 2.75) is 46.3 Å². The Balaban J connectivity index is 2.45. The van der Waals surface area contributed by atoms with E-state index < -0.39 is 11.7 Å². The molecule has 26 heavy (non-hydrogen) atoms. The highest BCUT2D eigenvalue weighted by Gasteiger charge is 2.29. The van der Waals surface area contributed by atoms with Crippen LogP contribution in [-0.2, 0) is 12.7 Å². The van der Waals surface area contributed by atoms with Gasteiger partial charge in [0.1, 0.15) is 0 Å². The first kappa shape index (κ1) is 22.3. The standard InChI is InChI=1S/C19H31F3N4/c1-4-23-18(24-13-7-8-14-26(5-2)6-3)25-15-16-9-11-17(12-10-16)19(20,21)22/h9-12H,4-8,13-15H2,1-3H3,(H2,23,24,25). The smallest absolute Gasteiger partial charge is 0.357 e. The van der Waals surface area contributed by atoms with E-state index in [1.807, 2.05) is 6.92 Å². The van der Waals surface area contributed by atoms with Crippen LogP contribution >= 0.6 is 0 Å². The molecule has 148 valence electrons. The van der Waals surface area contributed by atoms with Gasteiger partial charge in [-0.2, -0.15) is 13.2 Å². The Bertz CT molecular complexity index is 523. The summed E-state index contributed by atoms with van der Waals surface area (Å²) in [7, 11) is 0. The van der Waals surface area contributed by atoms with E-state index in [1.165, 1.54) is 12.1 Å². The minimum Gasteiger partial charge on any atom is -0.357 e. The van der Waals surface area contributed by atoms with E-state index >= 15 is 0 Å². The molecule has 0 spiro atoms. The minimum atomic E-state index is -4.30. The van der Waals surface area contributed by atoms with Crippen LogP contribution in [0, 0.1) is 0 Å². The van der Waals surface area contributed by atoms with Crippen LogP contribution in [0.25, 0.3) is 0 Å². The number of hydrogen-bond donors (Lipinski definition) is 2. The van der Waals surface area contributed by atoms with Gasteiger partial charge in [-0.05, 0) is 57.1 Å². The average molecular weight is 372 g/mol. The summed E-state index contributed by atoms with van der Waals surface area (Å²) in [5.74, 6) is 0.690. The first-order valence-corrected chi connectivity index (χ1v) is 9.31. The van der Waals surface area contributed by atoms with E-state index in [4.69, 9.17) is 0 Å². The lowest BCUT2D eigenvalue weighted by atomic mass is 10.1. The van der Waals surface area contributed by atoms with Crippen LogP contribution < -0.4 is 10.6 Å². The van der Waals surface area contributed by atoms with Crippen molar-refractivity contribution in [2.24, 2.45) is 4.99 Å². The second-order valence-electron chi connectivity index (χ2n) is 6.05. The fourth-order valence-corrected chi connectivity index (χ4v) is 2.52. The molecule has 4 nitrogen and oxygen atoms in total. The molecule has 0 saturated heterocycles. The van der Waals surface area contributed by atoms with Gasteiger partial charge in [-0.25, -0.2) is 4.99 Å². The van der Waals surface area contributed by atoms with Gasteiger partial charge in [0.2, 0.25) is 0 Å². The zero-order chi connectivity index (χ0) is 19.4. The van der Waals surface area contributed by atoms with Crippen LogP contribution in [0.15, 0.2) is 29.3 Å². The van der Waals surface area contributed by atoms with Crippen LogP contribution in [0.4, 0.5) is 13.2 Å². The number of nitrogens with one attached hydrogen (secondary N) is 2. The SMILES string of the molecule is CCNC(=NCc1ccc(C(F)(F)F)cc1)NCCCCN(CC)CC. The summed E-state index contributed by atoms with van der Waals surface area (Å²) < 4.78 is 37.7. The summed E-state index contributed by atoms with van der Waals surface area (Å²) in [5, 5.41) is 6.44. The molecule has 1 aromatic rings. The van der Waals surface area contributed by atoms with E-state index in [0.717, 1.165) is 63.3 Å². The molecule has 0 heterocycles. The molecule has 0 atom stereocenters. The molecule has 0 aliphatic rings. The van der Waals surface area contributed by atoms with Gasteiger partial charge in [-0.15, -0.1) is 0 Å². The molecule has 0 radical (unpaired) electrons. The van der Waals surface area contributed by atoms with Gasteiger partial charge in [0.05, 0.1) is 12.1 Å². The molecule has 0 fully saturated rings. The Morgan fingerprint density at radius 3 is 2.19 bits per heavy atom. The Hall–Kier alpha value is -1.76. The Kier molecular flexibility index (Phi) is 10.1. The van der Waals surface area contributed by atoms with Crippen molar-refractivity contribution < 1.29 is 13.2 Å². The molecule has 1 aromatic carbocycles. The van der Waals surface area contributed by atoms with Crippen molar-refractivity contribution in [3.05, 3.63) is 35.4 Å². The van der Waals surface area contributed by atoms with Gasteiger partial charge in [0, 0.05) is 13.1 Å². The van der Waals surface area contributed by atoms with Gasteiger partial charge in [-0.1, -0.05) is 26.0 Å². The molecular weight excluding hydrogens is 341 g/mol. The number of aliphatic imine (C=N–C) groups is 1. The molecule has 7 heteroatoms. The van der Waals surface area contributed by atoms with Crippen molar-refractivity contribution in [1.29, 1.82) is 0 Å². The highest BCUT2D eigenvalue weighted by molar-refractivity contribution is 5.79. The van der Waals surface area contributed by atoms with E-state index in [9.17, 15) is 13.2 Å². The van der Waals surface area contributed by atoms with Crippen molar-refractivity contribution >= 4 is 5.96 Å². The first-order chi connectivity index (χ1) is 12.4. The molecule has 1 rings (SSSR count). The van der Waals surface area contributed by atoms with Crippen LogP contribution in [0.2, 0.25) is 0 Å². The fraction of sp³-hybridized carbons (Fsp3) is 0.632. The highest BCUT2D eigenvalue weighted by atomic mass is 19.4. The zero-order valence-electron chi connectivity index (χ0n) is 16.0. The van der Waals surface area contributed by atoms with Gasteiger partial charge in [-0.3, -0.25) is 0 Å². The third-order valence-electron chi connectivity index (χ3n) is 4.13. The number of halogens is 3. The molecule has 0 bridgehead atoms. The van der Waals surface area contributed by atoms with Gasteiger partial charge in [0.25, 0.3) is 0 Å². The maximum absolute atomic E-state index is 12.6. The van der Waals surface area contributed by atoms with Crippen molar-refractivity contribution in [2.75, 3.05) is 32.7 Å². The van der Waals surface area contributed by atoms with Gasteiger partial charge >= 0.3 is 6.18 Å². The summed E-state index contributed by atoms with van der Waals surface area (Å²) in [4.78, 5) is 6.84. The molecule has 0 saturated carbocycles. The van der Waals surface area contributed by atoms with Crippen molar-refractivity contribution in [1.82, 2.24) is 15.5 Å².